The Morgan fingerprint density at radius 3 is 1.53 bits per heavy atom. The number of rotatable bonds is 15. The van der Waals surface area contributed by atoms with Gasteiger partial charge in [-0.15, -0.1) is 6.58 Å². The van der Waals surface area contributed by atoms with E-state index in [2.05, 4.69) is 206 Å². The Hall–Kier alpha value is -7.63. The van der Waals surface area contributed by atoms with Crippen LogP contribution in [0.1, 0.15) is 30.0 Å². The standard InChI is InChI=1S/C57H51N5/c1-5-7-13-43(21-18-40-19-32-53(58-3)33-20-40)44-22-26-47(27-23-44)55-60-56(62-57(61-55)52-37-41(12-6-2)36-51(39-52)42-14-9-8-10-15-42)48-28-24-45(25-29-48)49-16-11-17-50(38-49)46-30-34-54(59-4)35-31-46/h5-11,14-17,19-39,58-59H,2,12-13,18H2,1,3-4H3/b7-5-,43-21+. The van der Waals surface area contributed by atoms with Crippen LogP contribution in [0.25, 0.3) is 73.1 Å². The summed E-state index contributed by atoms with van der Waals surface area (Å²) in [5.74, 6) is 1.86. The Kier molecular flexibility index (Phi) is 13.0. The maximum absolute atomic E-state index is 5.18. The van der Waals surface area contributed by atoms with Crippen molar-refractivity contribution in [2.45, 2.75) is 26.2 Å². The molecule has 62 heavy (non-hydrogen) atoms. The topological polar surface area (TPSA) is 62.7 Å². The summed E-state index contributed by atoms with van der Waals surface area (Å²) in [7, 11) is 3.88. The van der Waals surface area contributed by atoms with Crippen LogP contribution in [-0.4, -0.2) is 29.0 Å². The van der Waals surface area contributed by atoms with Gasteiger partial charge in [-0.05, 0) is 124 Å². The number of hydrogen-bond donors (Lipinski definition) is 2. The van der Waals surface area contributed by atoms with Crippen LogP contribution >= 0.6 is 0 Å². The number of allylic oxidation sites excluding steroid dienone is 5. The zero-order valence-corrected chi connectivity index (χ0v) is 35.6. The van der Waals surface area contributed by atoms with E-state index < -0.39 is 0 Å². The smallest absolute Gasteiger partial charge is 0.164 e. The fraction of sp³-hybridized carbons (Fsp3) is 0.105. The third kappa shape index (κ3) is 9.86. The molecule has 2 N–H and O–H groups in total. The van der Waals surface area contributed by atoms with Crippen LogP contribution in [0.15, 0.2) is 201 Å². The van der Waals surface area contributed by atoms with E-state index in [9.17, 15) is 0 Å². The quantitative estimate of drug-likeness (QED) is 0.101. The molecule has 0 amide bonds. The molecule has 0 radical (unpaired) electrons. The molecule has 0 aliphatic heterocycles. The van der Waals surface area contributed by atoms with Gasteiger partial charge in [-0.25, -0.2) is 15.0 Å². The van der Waals surface area contributed by atoms with Crippen molar-refractivity contribution in [3.63, 3.8) is 0 Å². The summed E-state index contributed by atoms with van der Waals surface area (Å²) in [6.45, 7) is 6.11. The van der Waals surface area contributed by atoms with Gasteiger partial charge in [0.2, 0.25) is 0 Å². The lowest BCUT2D eigenvalue weighted by Gasteiger charge is -2.13. The molecule has 0 atom stereocenters. The molecule has 0 bridgehead atoms. The van der Waals surface area contributed by atoms with Crippen molar-refractivity contribution in [3.8, 4) is 67.5 Å². The van der Waals surface area contributed by atoms with Crippen molar-refractivity contribution in [1.29, 1.82) is 0 Å². The molecular weight excluding hydrogens is 755 g/mol. The van der Waals surface area contributed by atoms with Crippen molar-refractivity contribution < 1.29 is 0 Å². The van der Waals surface area contributed by atoms with Crippen LogP contribution in [0.5, 0.6) is 0 Å². The highest BCUT2D eigenvalue weighted by molar-refractivity contribution is 5.77. The SMILES string of the molecule is C=CCc1cc(-c2ccccc2)cc(-c2nc(-c3ccc(/C(=C/Cc4ccc(NC)cc4)C/C=C\C)cc3)nc(-c3ccc(-c4cccc(-c5ccc(NC)cc5)c4)cc3)n2)c1. The molecule has 0 aliphatic carbocycles. The number of nitrogens with one attached hydrogen (secondary N) is 2. The summed E-state index contributed by atoms with van der Waals surface area (Å²) < 4.78 is 0. The van der Waals surface area contributed by atoms with Crippen molar-refractivity contribution >= 4 is 16.9 Å². The van der Waals surface area contributed by atoms with Gasteiger partial charge in [-0.3, -0.25) is 0 Å². The maximum Gasteiger partial charge on any atom is 0.164 e. The molecule has 0 spiro atoms. The molecule has 7 aromatic carbocycles. The molecule has 304 valence electrons. The average molecular weight is 806 g/mol. The Bertz CT molecular complexity index is 2820. The van der Waals surface area contributed by atoms with Crippen molar-refractivity contribution in [2.75, 3.05) is 24.7 Å². The number of hydrogen-bond acceptors (Lipinski definition) is 5. The van der Waals surface area contributed by atoms with Gasteiger partial charge < -0.3 is 10.6 Å². The lowest BCUT2D eigenvalue weighted by Crippen LogP contribution is -2.01. The zero-order chi connectivity index (χ0) is 42.7. The highest BCUT2D eigenvalue weighted by atomic mass is 15.0. The first-order chi connectivity index (χ1) is 30.5. The van der Waals surface area contributed by atoms with E-state index in [1.807, 2.05) is 26.2 Å². The van der Waals surface area contributed by atoms with E-state index in [1.54, 1.807) is 0 Å². The molecule has 0 saturated heterocycles. The minimum atomic E-state index is 0.618. The Balaban J connectivity index is 1.17. The number of benzene rings is 7. The van der Waals surface area contributed by atoms with Crippen molar-refractivity contribution in [2.24, 2.45) is 0 Å². The first-order valence-corrected chi connectivity index (χ1v) is 21.2. The number of nitrogens with zero attached hydrogens (tertiary/aromatic N) is 3. The first-order valence-electron chi connectivity index (χ1n) is 21.2. The predicted molar refractivity (Wildman–Crippen MR) is 263 cm³/mol. The van der Waals surface area contributed by atoms with Gasteiger partial charge in [0, 0.05) is 42.2 Å². The van der Waals surface area contributed by atoms with E-state index in [1.165, 1.54) is 27.8 Å². The lowest BCUT2D eigenvalue weighted by atomic mass is 9.97. The third-order valence-electron chi connectivity index (χ3n) is 11.1. The van der Waals surface area contributed by atoms with Gasteiger partial charge in [0.1, 0.15) is 0 Å². The molecule has 0 unspecified atom stereocenters. The summed E-state index contributed by atoms with van der Waals surface area (Å²) in [5.41, 5.74) is 16.7. The van der Waals surface area contributed by atoms with E-state index in [4.69, 9.17) is 15.0 Å². The minimum absolute atomic E-state index is 0.618. The lowest BCUT2D eigenvalue weighted by molar-refractivity contribution is 1.07. The van der Waals surface area contributed by atoms with E-state index in [0.29, 0.717) is 17.5 Å². The predicted octanol–water partition coefficient (Wildman–Crippen LogP) is 14.3. The Morgan fingerprint density at radius 2 is 0.952 bits per heavy atom. The van der Waals surface area contributed by atoms with Crippen LogP contribution in [0.2, 0.25) is 0 Å². The van der Waals surface area contributed by atoms with Crippen LogP contribution in [-0.2, 0) is 12.8 Å². The molecule has 1 aromatic heterocycles. The molecular formula is C57H51N5. The summed E-state index contributed by atoms with van der Waals surface area (Å²) in [5, 5.41) is 6.41. The first kappa shape index (κ1) is 41.1. The zero-order valence-electron chi connectivity index (χ0n) is 35.6. The second-order valence-electron chi connectivity index (χ2n) is 15.3. The molecule has 1 heterocycles. The van der Waals surface area contributed by atoms with Gasteiger partial charge in [-0.1, -0.05) is 152 Å². The van der Waals surface area contributed by atoms with Gasteiger partial charge in [-0.2, -0.15) is 0 Å². The fourth-order valence-electron chi connectivity index (χ4n) is 7.63. The summed E-state index contributed by atoms with van der Waals surface area (Å²) >= 11 is 0. The summed E-state index contributed by atoms with van der Waals surface area (Å²) in [6.07, 6.45) is 11.0. The number of aromatic nitrogens is 3. The molecule has 5 heteroatoms. The van der Waals surface area contributed by atoms with E-state index in [0.717, 1.165) is 75.1 Å². The third-order valence-corrected chi connectivity index (χ3v) is 11.1. The Morgan fingerprint density at radius 1 is 0.468 bits per heavy atom. The van der Waals surface area contributed by atoms with Gasteiger partial charge >= 0.3 is 0 Å². The van der Waals surface area contributed by atoms with Crippen LogP contribution in [0, 0.1) is 0 Å². The highest BCUT2D eigenvalue weighted by Crippen LogP contribution is 2.33. The minimum Gasteiger partial charge on any atom is -0.388 e. The van der Waals surface area contributed by atoms with Gasteiger partial charge in [0.05, 0.1) is 0 Å². The van der Waals surface area contributed by atoms with Crippen molar-refractivity contribution in [3.05, 3.63) is 217 Å². The van der Waals surface area contributed by atoms with E-state index >= 15 is 0 Å². The largest absolute Gasteiger partial charge is 0.388 e. The van der Waals surface area contributed by atoms with Crippen LogP contribution in [0.3, 0.4) is 0 Å². The van der Waals surface area contributed by atoms with Gasteiger partial charge in [0.25, 0.3) is 0 Å². The molecule has 8 rings (SSSR count). The van der Waals surface area contributed by atoms with Gasteiger partial charge in [0.15, 0.2) is 17.5 Å². The summed E-state index contributed by atoms with van der Waals surface area (Å²) in [4.78, 5) is 15.5. The molecule has 5 nitrogen and oxygen atoms in total. The highest BCUT2D eigenvalue weighted by Gasteiger charge is 2.15. The number of anilines is 2. The van der Waals surface area contributed by atoms with Crippen LogP contribution < -0.4 is 10.6 Å². The molecule has 8 aromatic rings. The molecule has 0 fully saturated rings. The molecule has 0 aliphatic rings. The van der Waals surface area contributed by atoms with Crippen molar-refractivity contribution in [1.82, 2.24) is 15.0 Å². The monoisotopic (exact) mass is 805 g/mol. The van der Waals surface area contributed by atoms with Crippen LogP contribution in [0.4, 0.5) is 11.4 Å². The Labute approximate surface area is 366 Å². The fourth-order valence-corrected chi connectivity index (χ4v) is 7.63. The summed E-state index contributed by atoms with van der Waals surface area (Å²) in [6, 6.07) is 60.0. The normalized spacial score (nSPS) is 11.4. The second-order valence-corrected chi connectivity index (χ2v) is 15.3. The second kappa shape index (κ2) is 19.6. The average Bonchev–Trinajstić information content (AvgIpc) is 3.34. The maximum atomic E-state index is 5.18. The van der Waals surface area contributed by atoms with E-state index in [-0.39, 0.29) is 0 Å². The molecule has 0 saturated carbocycles.